The molecule has 12 heteroatoms. The molecular weight excluding hydrogens is 401 g/mol. The molecule has 0 bridgehead atoms. The highest BCUT2D eigenvalue weighted by Gasteiger charge is 2.46. The lowest BCUT2D eigenvalue weighted by Gasteiger charge is -2.19. The van der Waals surface area contributed by atoms with Gasteiger partial charge >= 0.3 is 12.3 Å². The second-order valence-corrected chi connectivity index (χ2v) is 6.15. The van der Waals surface area contributed by atoms with E-state index in [2.05, 4.69) is 24.9 Å². The molecule has 152 valence electrons. The number of halogens is 5. The van der Waals surface area contributed by atoms with Gasteiger partial charge < -0.3 is 9.47 Å². The van der Waals surface area contributed by atoms with Crippen molar-refractivity contribution in [2.24, 2.45) is 0 Å². The summed E-state index contributed by atoms with van der Waals surface area (Å²) in [6.45, 7) is 0. The second kappa shape index (κ2) is 6.72. The first-order chi connectivity index (χ1) is 13.7. The van der Waals surface area contributed by atoms with Crippen LogP contribution in [0.5, 0.6) is 5.88 Å². The highest BCUT2D eigenvalue weighted by atomic mass is 19.4. The van der Waals surface area contributed by atoms with E-state index >= 15 is 0 Å². The summed E-state index contributed by atoms with van der Waals surface area (Å²) in [5.74, 6) is -0.960. The van der Waals surface area contributed by atoms with Crippen molar-refractivity contribution >= 4 is 5.65 Å². The molecule has 0 aliphatic heterocycles. The van der Waals surface area contributed by atoms with Crippen molar-refractivity contribution in [1.82, 2.24) is 24.6 Å². The van der Waals surface area contributed by atoms with Crippen molar-refractivity contribution in [3.63, 3.8) is 0 Å². The zero-order chi connectivity index (χ0) is 20.8. The molecule has 0 aromatic carbocycles. The maximum atomic E-state index is 13.8. The van der Waals surface area contributed by atoms with Crippen LogP contribution in [0.15, 0.2) is 42.4 Å². The summed E-state index contributed by atoms with van der Waals surface area (Å²) in [4.78, 5) is 7.96. The molecule has 0 N–H and O–H groups in total. The fourth-order valence-electron chi connectivity index (χ4n) is 2.59. The van der Waals surface area contributed by atoms with E-state index in [0.717, 1.165) is 11.5 Å². The molecule has 0 radical (unpaired) electrons. The van der Waals surface area contributed by atoms with Crippen molar-refractivity contribution in [2.75, 3.05) is 7.11 Å². The molecule has 0 spiro atoms. The van der Waals surface area contributed by atoms with Crippen LogP contribution in [0.4, 0.5) is 22.0 Å². The van der Waals surface area contributed by atoms with Gasteiger partial charge in [0.15, 0.2) is 5.65 Å². The summed E-state index contributed by atoms with van der Waals surface area (Å²) in [5.41, 5.74) is 0.810. The third-order valence-electron chi connectivity index (χ3n) is 4.15. The van der Waals surface area contributed by atoms with Crippen LogP contribution in [-0.4, -0.2) is 44.0 Å². The Morgan fingerprint density at radius 3 is 2.41 bits per heavy atom. The number of pyridine rings is 1. The maximum absolute atomic E-state index is 13.8. The molecule has 4 rings (SSSR count). The first kappa shape index (κ1) is 19.2. The van der Waals surface area contributed by atoms with E-state index < -0.39 is 24.2 Å². The average Bonchev–Trinajstić information content (AvgIpc) is 3.42. The SMILES string of the molecule is COC(F)(F)c1nnc2cnc(-c3ccc(O[C@@H](C4=CC4)C(F)(F)F)nc3)cn12. The number of allylic oxidation sites excluding steroid dienone is 1. The number of rotatable bonds is 6. The fourth-order valence-corrected chi connectivity index (χ4v) is 2.59. The first-order valence-electron chi connectivity index (χ1n) is 8.22. The summed E-state index contributed by atoms with van der Waals surface area (Å²) in [5, 5.41) is 7.02. The Morgan fingerprint density at radius 2 is 1.83 bits per heavy atom. The van der Waals surface area contributed by atoms with Crippen LogP contribution < -0.4 is 4.74 Å². The molecule has 3 heterocycles. The van der Waals surface area contributed by atoms with Gasteiger partial charge in [0.25, 0.3) is 0 Å². The molecule has 29 heavy (non-hydrogen) atoms. The standard InChI is InChI=1S/C17H12F5N5O2/c1-28-17(21,22)15-26-25-12-7-23-11(8-27(12)15)10-4-5-13(24-6-10)29-14(9-2-3-9)16(18,19)20/h2,4-8,14H,3H2,1H3/t14-/m0/s1. The largest absolute Gasteiger partial charge is 0.460 e. The molecule has 3 aromatic heterocycles. The Hall–Kier alpha value is -3.15. The Morgan fingerprint density at radius 1 is 1.07 bits per heavy atom. The van der Waals surface area contributed by atoms with E-state index in [1.54, 1.807) is 0 Å². The normalized spacial score (nSPS) is 15.3. The predicted octanol–water partition coefficient (Wildman–Crippen LogP) is 3.52. The van der Waals surface area contributed by atoms with E-state index in [0.29, 0.717) is 5.56 Å². The van der Waals surface area contributed by atoms with E-state index in [-0.39, 0.29) is 29.2 Å². The third-order valence-corrected chi connectivity index (χ3v) is 4.15. The number of nitrogens with zero attached hydrogens (tertiary/aromatic N) is 5. The van der Waals surface area contributed by atoms with Crippen LogP contribution in [0.25, 0.3) is 16.9 Å². The van der Waals surface area contributed by atoms with Crippen LogP contribution in [0.3, 0.4) is 0 Å². The highest BCUT2D eigenvalue weighted by Crippen LogP contribution is 2.36. The Bertz CT molecular complexity index is 1080. The summed E-state index contributed by atoms with van der Waals surface area (Å²) < 4.78 is 76.9. The molecule has 1 aliphatic carbocycles. The molecule has 0 unspecified atom stereocenters. The van der Waals surface area contributed by atoms with Crippen LogP contribution in [0.2, 0.25) is 0 Å². The number of alkyl halides is 5. The third kappa shape index (κ3) is 3.75. The van der Waals surface area contributed by atoms with Crippen LogP contribution >= 0.6 is 0 Å². The van der Waals surface area contributed by atoms with Gasteiger partial charge in [-0.1, -0.05) is 6.08 Å². The average molecular weight is 413 g/mol. The zero-order valence-electron chi connectivity index (χ0n) is 14.7. The fraction of sp³-hybridized carbons (Fsp3) is 0.294. The Kier molecular flexibility index (Phi) is 4.45. The van der Waals surface area contributed by atoms with Gasteiger partial charge in [-0.15, -0.1) is 10.2 Å². The zero-order valence-corrected chi connectivity index (χ0v) is 14.7. The van der Waals surface area contributed by atoms with Gasteiger partial charge in [-0.25, -0.2) is 4.98 Å². The number of ether oxygens (including phenoxy) is 2. The van der Waals surface area contributed by atoms with Gasteiger partial charge in [-0.2, -0.15) is 22.0 Å². The minimum atomic E-state index is -4.55. The first-order valence-corrected chi connectivity index (χ1v) is 8.22. The van der Waals surface area contributed by atoms with Gasteiger partial charge in [0, 0.05) is 31.1 Å². The minimum absolute atomic E-state index is 0.0686. The lowest BCUT2D eigenvalue weighted by atomic mass is 10.2. The summed E-state index contributed by atoms with van der Waals surface area (Å²) in [7, 11) is 0.831. The van der Waals surface area contributed by atoms with Gasteiger partial charge in [0.1, 0.15) is 0 Å². The summed E-state index contributed by atoms with van der Waals surface area (Å²) >= 11 is 0. The number of methoxy groups -OCH3 is 1. The van der Waals surface area contributed by atoms with Crippen molar-refractivity contribution in [1.29, 1.82) is 0 Å². The van der Waals surface area contributed by atoms with Crippen molar-refractivity contribution in [3.05, 3.63) is 48.2 Å². The highest BCUT2D eigenvalue weighted by molar-refractivity contribution is 5.59. The van der Waals surface area contributed by atoms with E-state index in [1.807, 2.05) is 0 Å². The Labute approximate surface area is 159 Å². The number of hydrogen-bond acceptors (Lipinski definition) is 6. The van der Waals surface area contributed by atoms with Crippen molar-refractivity contribution < 1.29 is 31.4 Å². The molecule has 3 aromatic rings. The molecular formula is C17H12F5N5O2. The van der Waals surface area contributed by atoms with Crippen molar-refractivity contribution in [2.45, 2.75) is 24.8 Å². The number of hydrogen-bond donors (Lipinski definition) is 0. The minimum Gasteiger partial charge on any atom is -0.460 e. The molecule has 0 amide bonds. The lowest BCUT2D eigenvalue weighted by molar-refractivity contribution is -0.237. The monoisotopic (exact) mass is 413 g/mol. The van der Waals surface area contributed by atoms with E-state index in [1.165, 1.54) is 36.8 Å². The van der Waals surface area contributed by atoms with Crippen molar-refractivity contribution in [3.8, 4) is 17.1 Å². The molecule has 0 saturated heterocycles. The topological polar surface area (TPSA) is 74.4 Å². The second-order valence-electron chi connectivity index (χ2n) is 6.15. The van der Waals surface area contributed by atoms with E-state index in [9.17, 15) is 22.0 Å². The van der Waals surface area contributed by atoms with Gasteiger partial charge in [-0.3, -0.25) is 9.38 Å². The molecule has 7 nitrogen and oxygen atoms in total. The molecule has 1 atom stereocenters. The molecule has 0 saturated carbocycles. The molecule has 1 aliphatic rings. The quantitative estimate of drug-likeness (QED) is 0.455. The van der Waals surface area contributed by atoms with Gasteiger partial charge in [-0.05, 0) is 18.1 Å². The van der Waals surface area contributed by atoms with E-state index in [4.69, 9.17) is 4.74 Å². The predicted molar refractivity (Wildman–Crippen MR) is 88.1 cm³/mol. The smallest absolute Gasteiger partial charge is 0.429 e. The lowest BCUT2D eigenvalue weighted by Crippen LogP contribution is -2.34. The number of fused-ring (bicyclic) bond motifs is 1. The Balaban J connectivity index is 1.61. The number of aromatic nitrogens is 5. The van der Waals surface area contributed by atoms with Gasteiger partial charge in [0.05, 0.1) is 11.9 Å². The van der Waals surface area contributed by atoms with Crippen LogP contribution in [-0.2, 0) is 10.8 Å². The summed E-state index contributed by atoms with van der Waals surface area (Å²) in [6, 6.07) is 2.67. The molecule has 0 fully saturated rings. The maximum Gasteiger partial charge on any atom is 0.429 e. The van der Waals surface area contributed by atoms with Gasteiger partial charge in [0.2, 0.25) is 17.8 Å². The van der Waals surface area contributed by atoms with Crippen LogP contribution in [0.1, 0.15) is 12.2 Å². The summed E-state index contributed by atoms with van der Waals surface area (Å²) in [6.07, 6.45) is -4.87. The van der Waals surface area contributed by atoms with Crippen LogP contribution in [0, 0.1) is 0 Å².